The number of halogens is 1. The zero-order valence-electron chi connectivity index (χ0n) is 15.1. The summed E-state index contributed by atoms with van der Waals surface area (Å²) in [5.41, 5.74) is 0.682. The highest BCUT2D eigenvalue weighted by Crippen LogP contribution is 2.25. The van der Waals surface area contributed by atoms with Crippen LogP contribution in [0, 0.1) is 0 Å². The number of para-hydroxylation sites is 1. The second-order valence-electron chi connectivity index (χ2n) is 6.01. The van der Waals surface area contributed by atoms with E-state index in [-0.39, 0.29) is 12.5 Å². The van der Waals surface area contributed by atoms with Crippen molar-refractivity contribution in [1.82, 2.24) is 15.0 Å². The first-order valence-corrected chi connectivity index (χ1v) is 9.00. The summed E-state index contributed by atoms with van der Waals surface area (Å²) in [6.45, 7) is 2.09. The predicted octanol–water partition coefficient (Wildman–Crippen LogP) is 4.21. The first-order chi connectivity index (χ1) is 13.1. The average molecular weight is 386 g/mol. The molecule has 0 N–H and O–H groups in total. The fraction of sp³-hybridized carbons (Fsp3) is 0.250. The van der Waals surface area contributed by atoms with Gasteiger partial charge in [0.1, 0.15) is 5.75 Å². The van der Waals surface area contributed by atoms with Crippen molar-refractivity contribution < 1.29 is 14.1 Å². The van der Waals surface area contributed by atoms with Gasteiger partial charge in [0.15, 0.2) is 6.10 Å². The minimum atomic E-state index is -0.580. The Morgan fingerprint density at radius 3 is 2.59 bits per heavy atom. The molecule has 2 aromatic carbocycles. The van der Waals surface area contributed by atoms with Crippen LogP contribution in [0.2, 0.25) is 5.02 Å². The Hall–Kier alpha value is -2.86. The molecule has 0 fully saturated rings. The summed E-state index contributed by atoms with van der Waals surface area (Å²) in [6, 6.07) is 16.5. The molecule has 0 saturated carbocycles. The minimum absolute atomic E-state index is 0.154. The zero-order chi connectivity index (χ0) is 19.2. The molecule has 0 spiro atoms. The predicted molar refractivity (Wildman–Crippen MR) is 102 cm³/mol. The standard InChI is InChI=1S/C20H20ClN3O3/c1-3-17(26-14-9-5-4-6-10-14)20(25)24(2)13-18-22-19(23-27-18)15-11-7-8-12-16(15)21/h4-12,17H,3,13H2,1-2H3. The largest absolute Gasteiger partial charge is 0.481 e. The van der Waals surface area contributed by atoms with Gasteiger partial charge in [0, 0.05) is 12.6 Å². The van der Waals surface area contributed by atoms with Gasteiger partial charge in [-0.05, 0) is 30.7 Å². The first-order valence-electron chi connectivity index (χ1n) is 8.62. The van der Waals surface area contributed by atoms with Crippen molar-refractivity contribution in [2.75, 3.05) is 7.05 Å². The quantitative estimate of drug-likeness (QED) is 0.609. The Kier molecular flexibility index (Phi) is 6.08. The lowest BCUT2D eigenvalue weighted by Crippen LogP contribution is -2.39. The van der Waals surface area contributed by atoms with Crippen LogP contribution in [0.15, 0.2) is 59.1 Å². The number of amides is 1. The summed E-state index contributed by atoms with van der Waals surface area (Å²) < 4.78 is 11.1. The topological polar surface area (TPSA) is 68.5 Å². The molecule has 1 heterocycles. The molecule has 140 valence electrons. The lowest BCUT2D eigenvalue weighted by molar-refractivity contribution is -0.138. The number of carbonyl (C=O) groups is 1. The van der Waals surface area contributed by atoms with Crippen LogP contribution in [0.3, 0.4) is 0 Å². The lowest BCUT2D eigenvalue weighted by atomic mass is 10.2. The molecule has 3 aromatic rings. The molecule has 0 bridgehead atoms. The third kappa shape index (κ3) is 4.65. The average Bonchev–Trinajstić information content (AvgIpc) is 3.15. The summed E-state index contributed by atoms with van der Waals surface area (Å²) in [6.07, 6.45) is -0.0318. The Morgan fingerprint density at radius 2 is 1.89 bits per heavy atom. The molecule has 7 heteroatoms. The SMILES string of the molecule is CCC(Oc1ccccc1)C(=O)N(C)Cc1nc(-c2ccccc2Cl)no1. The summed E-state index contributed by atoms with van der Waals surface area (Å²) in [7, 11) is 1.68. The number of nitrogens with zero attached hydrogens (tertiary/aromatic N) is 3. The molecule has 0 aliphatic carbocycles. The van der Waals surface area contributed by atoms with Crippen LogP contribution in [0.5, 0.6) is 5.75 Å². The van der Waals surface area contributed by atoms with Gasteiger partial charge in [-0.1, -0.05) is 54.0 Å². The summed E-state index contributed by atoms with van der Waals surface area (Å²) in [4.78, 5) is 18.6. The Labute approximate surface area is 162 Å². The monoisotopic (exact) mass is 385 g/mol. The maximum Gasteiger partial charge on any atom is 0.263 e. The van der Waals surface area contributed by atoms with E-state index in [0.29, 0.717) is 34.5 Å². The number of carbonyl (C=O) groups excluding carboxylic acids is 1. The molecule has 0 saturated heterocycles. The Balaban J connectivity index is 1.66. The van der Waals surface area contributed by atoms with Gasteiger partial charge in [-0.2, -0.15) is 4.98 Å². The Morgan fingerprint density at radius 1 is 1.19 bits per heavy atom. The fourth-order valence-corrected chi connectivity index (χ4v) is 2.79. The van der Waals surface area contributed by atoms with Gasteiger partial charge < -0.3 is 14.2 Å². The van der Waals surface area contributed by atoms with Gasteiger partial charge >= 0.3 is 0 Å². The summed E-state index contributed by atoms with van der Waals surface area (Å²) in [5, 5.41) is 4.49. The molecular formula is C20H20ClN3O3. The van der Waals surface area contributed by atoms with E-state index in [9.17, 15) is 4.79 Å². The van der Waals surface area contributed by atoms with Crippen LogP contribution in [-0.2, 0) is 11.3 Å². The third-order valence-electron chi connectivity index (χ3n) is 4.00. The highest BCUT2D eigenvalue weighted by molar-refractivity contribution is 6.33. The minimum Gasteiger partial charge on any atom is -0.481 e. The molecule has 1 unspecified atom stereocenters. The van der Waals surface area contributed by atoms with E-state index in [2.05, 4.69) is 10.1 Å². The van der Waals surface area contributed by atoms with E-state index in [0.717, 1.165) is 0 Å². The van der Waals surface area contributed by atoms with Crippen molar-refractivity contribution in [3.8, 4) is 17.1 Å². The van der Waals surface area contributed by atoms with Gasteiger partial charge in [-0.25, -0.2) is 0 Å². The molecule has 3 rings (SSSR count). The van der Waals surface area contributed by atoms with E-state index >= 15 is 0 Å². The number of likely N-dealkylation sites (N-methyl/N-ethyl adjacent to an activating group) is 1. The molecule has 0 aliphatic heterocycles. The van der Waals surface area contributed by atoms with Gasteiger partial charge in [-0.15, -0.1) is 0 Å². The van der Waals surface area contributed by atoms with Crippen molar-refractivity contribution in [3.05, 3.63) is 65.5 Å². The summed E-state index contributed by atoms with van der Waals surface area (Å²) >= 11 is 6.16. The molecule has 6 nitrogen and oxygen atoms in total. The smallest absolute Gasteiger partial charge is 0.263 e. The van der Waals surface area contributed by atoms with Crippen molar-refractivity contribution in [1.29, 1.82) is 0 Å². The van der Waals surface area contributed by atoms with E-state index in [1.807, 2.05) is 55.5 Å². The first kappa shape index (κ1) is 18.9. The van der Waals surface area contributed by atoms with Crippen molar-refractivity contribution in [2.24, 2.45) is 0 Å². The zero-order valence-corrected chi connectivity index (χ0v) is 15.9. The lowest BCUT2D eigenvalue weighted by Gasteiger charge is -2.22. The highest BCUT2D eigenvalue weighted by atomic mass is 35.5. The molecule has 0 radical (unpaired) electrons. The molecule has 1 amide bonds. The van der Waals surface area contributed by atoms with Crippen molar-refractivity contribution in [3.63, 3.8) is 0 Å². The third-order valence-corrected chi connectivity index (χ3v) is 4.33. The molecule has 1 aromatic heterocycles. The van der Waals surface area contributed by atoms with Crippen molar-refractivity contribution in [2.45, 2.75) is 26.0 Å². The van der Waals surface area contributed by atoms with Crippen LogP contribution in [-0.4, -0.2) is 34.1 Å². The van der Waals surface area contributed by atoms with Gasteiger partial charge in [0.05, 0.1) is 11.6 Å². The maximum absolute atomic E-state index is 12.7. The highest BCUT2D eigenvalue weighted by Gasteiger charge is 2.24. The van der Waals surface area contributed by atoms with Gasteiger partial charge in [-0.3, -0.25) is 4.79 Å². The number of benzene rings is 2. The molecule has 1 atom stereocenters. The van der Waals surface area contributed by atoms with E-state index in [1.165, 1.54) is 4.90 Å². The second kappa shape index (κ2) is 8.68. The molecule has 27 heavy (non-hydrogen) atoms. The van der Waals surface area contributed by atoms with Crippen LogP contribution in [0.25, 0.3) is 11.4 Å². The number of rotatable bonds is 7. The van der Waals surface area contributed by atoms with Crippen LogP contribution in [0.4, 0.5) is 0 Å². The fourth-order valence-electron chi connectivity index (χ4n) is 2.57. The normalized spacial score (nSPS) is 11.8. The van der Waals surface area contributed by atoms with Crippen molar-refractivity contribution >= 4 is 17.5 Å². The van der Waals surface area contributed by atoms with Gasteiger partial charge in [0.25, 0.3) is 5.91 Å². The van der Waals surface area contributed by atoms with E-state index in [1.54, 1.807) is 13.1 Å². The molecular weight excluding hydrogens is 366 g/mol. The number of aromatic nitrogens is 2. The van der Waals surface area contributed by atoms with Crippen LogP contribution < -0.4 is 4.74 Å². The van der Waals surface area contributed by atoms with E-state index < -0.39 is 6.10 Å². The number of hydrogen-bond acceptors (Lipinski definition) is 5. The van der Waals surface area contributed by atoms with Gasteiger partial charge in [0.2, 0.25) is 11.7 Å². The number of ether oxygens (including phenoxy) is 1. The van der Waals surface area contributed by atoms with Crippen LogP contribution >= 0.6 is 11.6 Å². The molecule has 0 aliphatic rings. The summed E-state index contributed by atoms with van der Waals surface area (Å²) in [5.74, 6) is 1.23. The van der Waals surface area contributed by atoms with Crippen LogP contribution in [0.1, 0.15) is 19.2 Å². The second-order valence-corrected chi connectivity index (χ2v) is 6.42. The van der Waals surface area contributed by atoms with E-state index in [4.69, 9.17) is 20.9 Å². The Bertz CT molecular complexity index is 898. The maximum atomic E-state index is 12.7. The number of hydrogen-bond donors (Lipinski definition) is 0.